The molecule has 0 unspecified atom stereocenters. The summed E-state index contributed by atoms with van der Waals surface area (Å²) < 4.78 is 56.9. The van der Waals surface area contributed by atoms with Gasteiger partial charge in [0.05, 0.1) is 18.0 Å². The van der Waals surface area contributed by atoms with Crippen LogP contribution in [0.4, 0.5) is 17.6 Å². The Labute approximate surface area is 151 Å². The molecule has 0 bridgehead atoms. The maximum Gasteiger partial charge on any atom is 0.419 e. The first kappa shape index (κ1) is 19.3. The highest BCUT2D eigenvalue weighted by Crippen LogP contribution is 2.34. The van der Waals surface area contributed by atoms with Gasteiger partial charge in [-0.2, -0.15) is 18.2 Å². The molecule has 6 nitrogen and oxygen atoms in total. The summed E-state index contributed by atoms with van der Waals surface area (Å²) in [5, 5.41) is 12.9. The molecule has 1 aromatic heterocycles. The van der Waals surface area contributed by atoms with Crippen molar-refractivity contribution in [1.29, 1.82) is 0 Å². The number of alkyl halides is 3. The molecule has 2 aromatic rings. The van der Waals surface area contributed by atoms with Crippen LogP contribution in [-0.2, 0) is 17.5 Å². The van der Waals surface area contributed by atoms with Crippen LogP contribution in [0.1, 0.15) is 31.2 Å². The van der Waals surface area contributed by atoms with Crippen LogP contribution in [0.5, 0.6) is 0 Å². The molecular weight excluding hydrogens is 370 g/mol. The molecule has 0 saturated carbocycles. The summed E-state index contributed by atoms with van der Waals surface area (Å²) in [5.74, 6) is -2.45. The molecule has 0 aliphatic carbocycles. The lowest BCUT2D eigenvalue weighted by Gasteiger charge is -2.35. The molecule has 1 fully saturated rings. The second-order valence-electron chi connectivity index (χ2n) is 6.59. The van der Waals surface area contributed by atoms with Gasteiger partial charge in [-0.05, 0) is 44.5 Å². The Balaban J connectivity index is 1.73. The van der Waals surface area contributed by atoms with Crippen molar-refractivity contribution >= 4 is 5.97 Å². The van der Waals surface area contributed by atoms with Gasteiger partial charge in [0.15, 0.2) is 5.82 Å². The minimum Gasteiger partial charge on any atom is -0.481 e. The summed E-state index contributed by atoms with van der Waals surface area (Å²) in [6.45, 7) is 2.72. The van der Waals surface area contributed by atoms with E-state index in [0.29, 0.717) is 31.5 Å². The maximum atomic E-state index is 13.4. The number of hydrogen-bond acceptors (Lipinski definition) is 5. The Morgan fingerprint density at radius 2 is 2.15 bits per heavy atom. The normalized spacial score (nSPS) is 21.4. The summed E-state index contributed by atoms with van der Waals surface area (Å²) in [7, 11) is 0. The molecule has 1 aromatic carbocycles. The highest BCUT2D eigenvalue weighted by Gasteiger charge is 2.35. The number of halogens is 4. The van der Waals surface area contributed by atoms with Gasteiger partial charge in [-0.3, -0.25) is 9.69 Å². The molecule has 2 atom stereocenters. The summed E-state index contributed by atoms with van der Waals surface area (Å²) in [6, 6.07) is 2.47. The van der Waals surface area contributed by atoms with Crippen molar-refractivity contribution in [2.24, 2.45) is 5.92 Å². The molecular formula is C17H17F4N3O3. The number of carboxylic acids is 1. The van der Waals surface area contributed by atoms with Crippen molar-refractivity contribution in [3.63, 3.8) is 0 Å². The Morgan fingerprint density at radius 3 is 2.78 bits per heavy atom. The second-order valence-corrected chi connectivity index (χ2v) is 6.59. The predicted molar refractivity (Wildman–Crippen MR) is 84.9 cm³/mol. The number of aromatic nitrogens is 2. The van der Waals surface area contributed by atoms with Crippen LogP contribution in [-0.4, -0.2) is 38.7 Å². The van der Waals surface area contributed by atoms with Crippen LogP contribution in [0.2, 0.25) is 0 Å². The Kier molecular flexibility index (Phi) is 5.18. The zero-order valence-electron chi connectivity index (χ0n) is 14.3. The van der Waals surface area contributed by atoms with Crippen LogP contribution in [0.25, 0.3) is 11.5 Å². The van der Waals surface area contributed by atoms with Gasteiger partial charge in [-0.15, -0.1) is 0 Å². The standard InChI is InChI=1S/C17H17F4N3O3/c1-9-6-11(16(25)26)4-5-24(9)8-14-22-15(27-23-14)10-2-3-13(18)12(7-10)17(19,20)21/h2-3,7,9,11H,4-6,8H2,1H3,(H,25,26)/t9-,11-/m0/s1. The molecule has 1 aliphatic heterocycles. The molecule has 10 heteroatoms. The number of carbonyl (C=O) groups is 1. The SMILES string of the molecule is C[C@H]1C[C@@H](C(=O)O)CCN1Cc1noc(-c2ccc(F)c(C(F)(F)F)c2)n1. The van der Waals surface area contributed by atoms with Gasteiger partial charge in [-0.25, -0.2) is 4.39 Å². The van der Waals surface area contributed by atoms with E-state index >= 15 is 0 Å². The Bertz CT molecular complexity index is 837. The van der Waals surface area contributed by atoms with E-state index in [-0.39, 0.29) is 29.9 Å². The van der Waals surface area contributed by atoms with Gasteiger partial charge in [0.2, 0.25) is 0 Å². The molecule has 3 rings (SSSR count). The summed E-state index contributed by atoms with van der Waals surface area (Å²) >= 11 is 0. The average Bonchev–Trinajstić information content (AvgIpc) is 3.04. The van der Waals surface area contributed by atoms with Crippen LogP contribution < -0.4 is 0 Å². The van der Waals surface area contributed by atoms with Crippen LogP contribution in [0.15, 0.2) is 22.7 Å². The van der Waals surface area contributed by atoms with Crippen LogP contribution >= 0.6 is 0 Å². The first-order chi connectivity index (χ1) is 12.6. The lowest BCUT2D eigenvalue weighted by Crippen LogP contribution is -2.42. The number of piperidine rings is 1. The van der Waals surface area contributed by atoms with Gasteiger partial charge in [-0.1, -0.05) is 5.16 Å². The van der Waals surface area contributed by atoms with Gasteiger partial charge < -0.3 is 9.63 Å². The van der Waals surface area contributed by atoms with E-state index in [1.165, 1.54) is 0 Å². The molecule has 0 spiro atoms. The lowest BCUT2D eigenvalue weighted by atomic mass is 9.92. The lowest BCUT2D eigenvalue weighted by molar-refractivity contribution is -0.144. The molecule has 0 amide bonds. The van der Waals surface area contributed by atoms with E-state index in [1.54, 1.807) is 0 Å². The monoisotopic (exact) mass is 387 g/mol. The largest absolute Gasteiger partial charge is 0.481 e. The van der Waals surface area contributed by atoms with Gasteiger partial charge >= 0.3 is 12.1 Å². The fourth-order valence-electron chi connectivity index (χ4n) is 3.17. The first-order valence-corrected chi connectivity index (χ1v) is 8.31. The zero-order valence-corrected chi connectivity index (χ0v) is 14.3. The number of aliphatic carboxylic acids is 1. The van der Waals surface area contributed by atoms with E-state index in [4.69, 9.17) is 9.63 Å². The van der Waals surface area contributed by atoms with E-state index in [2.05, 4.69) is 10.1 Å². The van der Waals surface area contributed by atoms with Gasteiger partial charge in [0, 0.05) is 11.6 Å². The quantitative estimate of drug-likeness (QED) is 0.808. The number of carboxylic acid groups (broad SMARTS) is 1. The van der Waals surface area contributed by atoms with Gasteiger partial charge in [0.25, 0.3) is 5.89 Å². The van der Waals surface area contributed by atoms with E-state index < -0.39 is 29.4 Å². The number of nitrogens with zero attached hydrogens (tertiary/aromatic N) is 3. The number of benzene rings is 1. The average molecular weight is 387 g/mol. The van der Waals surface area contributed by atoms with Crippen molar-refractivity contribution in [2.45, 2.75) is 38.5 Å². The number of rotatable bonds is 4. The minimum absolute atomic E-state index is 0.00977. The van der Waals surface area contributed by atoms with E-state index in [1.807, 2.05) is 11.8 Å². The highest BCUT2D eigenvalue weighted by molar-refractivity contribution is 5.70. The highest BCUT2D eigenvalue weighted by atomic mass is 19.4. The second kappa shape index (κ2) is 7.26. The molecule has 146 valence electrons. The molecule has 27 heavy (non-hydrogen) atoms. The molecule has 1 N–H and O–H groups in total. The van der Waals surface area contributed by atoms with Crippen molar-refractivity contribution in [2.75, 3.05) is 6.54 Å². The summed E-state index contributed by atoms with van der Waals surface area (Å²) in [6.07, 6.45) is -3.84. The minimum atomic E-state index is -4.83. The summed E-state index contributed by atoms with van der Waals surface area (Å²) in [5.41, 5.74) is -1.43. The summed E-state index contributed by atoms with van der Waals surface area (Å²) in [4.78, 5) is 17.2. The molecule has 2 heterocycles. The van der Waals surface area contributed by atoms with Crippen molar-refractivity contribution in [3.05, 3.63) is 35.4 Å². The number of likely N-dealkylation sites (tertiary alicyclic amines) is 1. The molecule has 0 radical (unpaired) electrons. The third-order valence-corrected chi connectivity index (χ3v) is 4.69. The number of hydrogen-bond donors (Lipinski definition) is 1. The first-order valence-electron chi connectivity index (χ1n) is 8.31. The van der Waals surface area contributed by atoms with Crippen LogP contribution in [0.3, 0.4) is 0 Å². The Morgan fingerprint density at radius 1 is 1.41 bits per heavy atom. The van der Waals surface area contributed by atoms with Crippen molar-refractivity contribution in [3.8, 4) is 11.5 Å². The Hall–Kier alpha value is -2.49. The third-order valence-electron chi connectivity index (χ3n) is 4.69. The third kappa shape index (κ3) is 4.26. The fourth-order valence-corrected chi connectivity index (χ4v) is 3.17. The molecule has 1 saturated heterocycles. The van der Waals surface area contributed by atoms with Crippen molar-refractivity contribution in [1.82, 2.24) is 15.0 Å². The molecule has 1 aliphatic rings. The fraction of sp³-hybridized carbons (Fsp3) is 0.471. The van der Waals surface area contributed by atoms with Crippen molar-refractivity contribution < 1.29 is 32.0 Å². The topological polar surface area (TPSA) is 79.5 Å². The smallest absolute Gasteiger partial charge is 0.419 e. The van der Waals surface area contributed by atoms with Crippen LogP contribution in [0, 0.1) is 11.7 Å². The van der Waals surface area contributed by atoms with Gasteiger partial charge in [0.1, 0.15) is 5.82 Å². The van der Waals surface area contributed by atoms with E-state index in [0.717, 1.165) is 6.07 Å². The predicted octanol–water partition coefficient (Wildman–Crippen LogP) is 3.58. The zero-order chi connectivity index (χ0) is 19.8. The van der Waals surface area contributed by atoms with E-state index in [9.17, 15) is 22.4 Å². The maximum absolute atomic E-state index is 13.4.